The number of likely N-dealkylation sites (N-methyl/N-ethyl adjacent to an activating group) is 1. The highest BCUT2D eigenvalue weighted by molar-refractivity contribution is 7.20. The first-order valence-electron chi connectivity index (χ1n) is 12.8. The normalized spacial score (nSPS) is 14.8. The predicted molar refractivity (Wildman–Crippen MR) is 153 cm³/mol. The van der Waals surface area contributed by atoms with Crippen LogP contribution in [-0.4, -0.2) is 71.0 Å². The first kappa shape index (κ1) is 26.7. The molecule has 2 amide bonds. The number of carbonyl (C=O) groups excluding carboxylic acids is 3. The molecule has 9 nitrogen and oxygen atoms in total. The number of piperazine rings is 1. The van der Waals surface area contributed by atoms with Crippen molar-refractivity contribution in [2.75, 3.05) is 38.5 Å². The number of anilines is 1. The fourth-order valence-corrected chi connectivity index (χ4v) is 5.61. The molecule has 1 aliphatic rings. The molecule has 0 spiro atoms. The molecule has 0 saturated carbocycles. The van der Waals surface area contributed by atoms with Crippen molar-refractivity contribution in [1.29, 1.82) is 0 Å². The van der Waals surface area contributed by atoms with Gasteiger partial charge in [-0.25, -0.2) is 0 Å². The molecule has 10 heteroatoms. The van der Waals surface area contributed by atoms with Gasteiger partial charge in [-0.3, -0.25) is 19.3 Å². The van der Waals surface area contributed by atoms with Gasteiger partial charge in [-0.15, -0.1) is 16.4 Å². The van der Waals surface area contributed by atoms with E-state index in [0.717, 1.165) is 59.9 Å². The fourth-order valence-electron chi connectivity index (χ4n) is 4.65. The lowest BCUT2D eigenvalue weighted by molar-refractivity contribution is 0.0915. The van der Waals surface area contributed by atoms with Crippen molar-refractivity contribution >= 4 is 45.6 Å². The molecule has 4 aromatic rings. The Morgan fingerprint density at radius 3 is 2.36 bits per heavy atom. The third-order valence-electron chi connectivity index (χ3n) is 7.04. The van der Waals surface area contributed by atoms with Crippen molar-refractivity contribution in [2.24, 2.45) is 0 Å². The maximum atomic E-state index is 13.1. The number of amides is 2. The second-order valence-electron chi connectivity index (χ2n) is 10.4. The summed E-state index contributed by atoms with van der Waals surface area (Å²) in [5.74, 6) is -0.422. The molecule has 2 aromatic carbocycles. The molecular weight excluding hydrogens is 512 g/mol. The van der Waals surface area contributed by atoms with Crippen LogP contribution in [0.4, 0.5) is 5.82 Å². The van der Waals surface area contributed by atoms with Gasteiger partial charge in [-0.2, -0.15) is 4.68 Å². The summed E-state index contributed by atoms with van der Waals surface area (Å²) >= 11 is 1.12. The molecule has 2 N–H and O–H groups in total. The molecule has 1 saturated heterocycles. The number of nitrogens with zero attached hydrogens (tertiary/aromatic N) is 4. The molecule has 1 fully saturated rings. The van der Waals surface area contributed by atoms with E-state index in [0.29, 0.717) is 20.7 Å². The number of hydrogen-bond acceptors (Lipinski definition) is 7. The summed E-state index contributed by atoms with van der Waals surface area (Å²) in [7, 11) is 2.13. The van der Waals surface area contributed by atoms with E-state index < -0.39 is 5.54 Å². The van der Waals surface area contributed by atoms with Gasteiger partial charge in [0.05, 0.1) is 15.8 Å². The Hall–Kier alpha value is -3.86. The second-order valence-corrected chi connectivity index (χ2v) is 11.4. The predicted octanol–water partition coefficient (Wildman–Crippen LogP) is 3.68. The summed E-state index contributed by atoms with van der Waals surface area (Å²) in [6.07, 6.45) is 1.75. The van der Waals surface area contributed by atoms with Crippen LogP contribution in [0.15, 0.2) is 60.7 Å². The highest BCUT2D eigenvalue weighted by atomic mass is 32.1. The first-order chi connectivity index (χ1) is 18.7. The average Bonchev–Trinajstić information content (AvgIpc) is 3.51. The largest absolute Gasteiger partial charge is 0.342 e. The van der Waals surface area contributed by atoms with Gasteiger partial charge in [0.1, 0.15) is 4.83 Å². The molecule has 0 atom stereocenters. The lowest BCUT2D eigenvalue weighted by atomic mass is 9.94. The summed E-state index contributed by atoms with van der Waals surface area (Å²) in [5.41, 5.74) is 1.98. The van der Waals surface area contributed by atoms with Crippen molar-refractivity contribution in [3.05, 3.63) is 82.2 Å². The van der Waals surface area contributed by atoms with E-state index in [-0.39, 0.29) is 17.6 Å². The molecule has 201 valence electrons. The van der Waals surface area contributed by atoms with E-state index >= 15 is 0 Å². The Morgan fingerprint density at radius 1 is 1.00 bits per heavy atom. The number of hydrogen-bond donors (Lipinski definition) is 2. The number of benzene rings is 2. The van der Waals surface area contributed by atoms with Crippen LogP contribution in [-0.2, 0) is 16.9 Å². The van der Waals surface area contributed by atoms with Gasteiger partial charge < -0.3 is 15.5 Å². The van der Waals surface area contributed by atoms with Gasteiger partial charge >= 0.3 is 6.41 Å². The van der Waals surface area contributed by atoms with E-state index in [1.54, 1.807) is 24.6 Å². The van der Waals surface area contributed by atoms with Gasteiger partial charge in [0.25, 0.3) is 11.8 Å². The molecule has 2 aromatic heterocycles. The first-order valence-corrected chi connectivity index (χ1v) is 13.6. The van der Waals surface area contributed by atoms with E-state index in [4.69, 9.17) is 0 Å². The maximum absolute atomic E-state index is 13.1. The van der Waals surface area contributed by atoms with Gasteiger partial charge in [-0.1, -0.05) is 42.5 Å². The highest BCUT2D eigenvalue weighted by Crippen LogP contribution is 2.32. The Kier molecular flexibility index (Phi) is 7.60. The molecule has 39 heavy (non-hydrogen) atoms. The van der Waals surface area contributed by atoms with Gasteiger partial charge in [0, 0.05) is 38.3 Å². The maximum Gasteiger partial charge on any atom is 0.340 e. The van der Waals surface area contributed by atoms with Crippen molar-refractivity contribution in [3.8, 4) is 0 Å². The topological polar surface area (TPSA) is 99.6 Å². The summed E-state index contributed by atoms with van der Waals surface area (Å²) in [4.78, 5) is 43.3. The van der Waals surface area contributed by atoms with Crippen LogP contribution in [0.1, 0.15) is 45.0 Å². The Balaban J connectivity index is 1.30. The van der Waals surface area contributed by atoms with Gasteiger partial charge in [0.15, 0.2) is 5.82 Å². The highest BCUT2D eigenvalue weighted by Gasteiger charge is 2.26. The quantitative estimate of drug-likeness (QED) is 0.352. The summed E-state index contributed by atoms with van der Waals surface area (Å²) in [6, 6.07) is 18.8. The number of aromatic nitrogens is 2. The summed E-state index contributed by atoms with van der Waals surface area (Å²) in [5, 5.41) is 10.5. The summed E-state index contributed by atoms with van der Waals surface area (Å²) in [6.45, 7) is 8.85. The molecule has 1 radical (unpaired) electrons. The Bertz CT molecular complexity index is 1480. The van der Waals surface area contributed by atoms with Crippen molar-refractivity contribution < 1.29 is 14.4 Å². The van der Waals surface area contributed by atoms with Crippen LogP contribution < -0.4 is 10.6 Å². The number of thiophene rings is 1. The van der Waals surface area contributed by atoms with Gasteiger partial charge in [-0.05, 0) is 50.2 Å². The molecule has 3 heterocycles. The molecule has 0 bridgehead atoms. The van der Waals surface area contributed by atoms with Crippen LogP contribution >= 0.6 is 11.3 Å². The SMILES string of the molecule is CN1CCN(Cc2ccc(C(=O)Nc3nn([C]=O)c4sc(C(=O)NC(C)(C)c5ccccc5)cc34)cc2)CC1. The standard InChI is InChI=1S/C29H31N6O3S/c1-29(2,22-7-5-4-6-8-22)31-27(38)24-17-23-25(32-35(19-36)28(23)39-24)30-26(37)21-11-9-20(10-12-21)18-34-15-13-33(3)14-16-34/h4-12,17H,13-16,18H2,1-3H3,(H,31,38)(H,30,32,37). The number of rotatable bonds is 8. The number of nitrogens with one attached hydrogen (secondary N) is 2. The number of carbonyl (C=O) groups is 2. The average molecular weight is 544 g/mol. The van der Waals surface area contributed by atoms with Crippen molar-refractivity contribution in [3.63, 3.8) is 0 Å². The molecule has 0 unspecified atom stereocenters. The minimum atomic E-state index is -0.606. The minimum Gasteiger partial charge on any atom is -0.342 e. The third kappa shape index (κ3) is 5.93. The zero-order valence-electron chi connectivity index (χ0n) is 22.2. The zero-order chi connectivity index (χ0) is 27.6. The monoisotopic (exact) mass is 543 g/mol. The molecule has 1 aliphatic heterocycles. The van der Waals surface area contributed by atoms with E-state index in [9.17, 15) is 14.4 Å². The van der Waals surface area contributed by atoms with Crippen LogP contribution in [0.5, 0.6) is 0 Å². The van der Waals surface area contributed by atoms with E-state index in [2.05, 4.69) is 32.6 Å². The minimum absolute atomic E-state index is 0.206. The van der Waals surface area contributed by atoms with Gasteiger partial charge in [0.2, 0.25) is 0 Å². The Morgan fingerprint density at radius 2 is 1.69 bits per heavy atom. The van der Waals surface area contributed by atoms with Crippen LogP contribution in [0.3, 0.4) is 0 Å². The Labute approximate surface area is 231 Å². The van der Waals surface area contributed by atoms with E-state index in [1.165, 1.54) is 0 Å². The fraction of sp³-hybridized carbons (Fsp3) is 0.310. The zero-order valence-corrected chi connectivity index (χ0v) is 23.0. The van der Waals surface area contributed by atoms with Crippen molar-refractivity contribution in [1.82, 2.24) is 24.9 Å². The van der Waals surface area contributed by atoms with Crippen LogP contribution in [0, 0.1) is 0 Å². The molecular formula is C29H31N6O3S. The smallest absolute Gasteiger partial charge is 0.340 e. The lowest BCUT2D eigenvalue weighted by Gasteiger charge is -2.32. The third-order valence-corrected chi connectivity index (χ3v) is 8.15. The molecule has 5 rings (SSSR count). The lowest BCUT2D eigenvalue weighted by Crippen LogP contribution is -2.43. The second kappa shape index (κ2) is 11.1. The van der Waals surface area contributed by atoms with Crippen LogP contribution in [0.25, 0.3) is 10.2 Å². The van der Waals surface area contributed by atoms with E-state index in [1.807, 2.05) is 56.3 Å². The summed E-state index contributed by atoms with van der Waals surface area (Å²) < 4.78 is 1.02. The van der Waals surface area contributed by atoms with Crippen molar-refractivity contribution in [2.45, 2.75) is 25.9 Å². The number of fused-ring (bicyclic) bond motifs is 1. The molecule has 0 aliphatic carbocycles. The van der Waals surface area contributed by atoms with Crippen LogP contribution in [0.2, 0.25) is 0 Å².